The van der Waals surface area contributed by atoms with Gasteiger partial charge in [0.15, 0.2) is 0 Å². The van der Waals surface area contributed by atoms with Crippen molar-refractivity contribution in [3.8, 4) is 0 Å². The van der Waals surface area contributed by atoms with Crippen LogP contribution in [0.4, 0.5) is 0 Å². The minimum Gasteiger partial charge on any atom is -0.381 e. The highest BCUT2D eigenvalue weighted by atomic mass is 16.5. The maximum absolute atomic E-state index is 11.5. The maximum atomic E-state index is 11.5. The largest absolute Gasteiger partial charge is 0.381 e. The first-order valence-electron chi connectivity index (χ1n) is 6.31. The van der Waals surface area contributed by atoms with E-state index in [-0.39, 0.29) is 5.41 Å². The lowest BCUT2D eigenvalue weighted by molar-refractivity contribution is -0.127. The van der Waals surface area contributed by atoms with Crippen LogP contribution in [0.5, 0.6) is 0 Å². The van der Waals surface area contributed by atoms with Crippen molar-refractivity contribution in [2.24, 2.45) is 17.3 Å². The highest BCUT2D eigenvalue weighted by Crippen LogP contribution is 2.45. The molecule has 2 heteroatoms. The van der Waals surface area contributed by atoms with Crippen LogP contribution in [0.3, 0.4) is 0 Å². The van der Waals surface area contributed by atoms with Crippen molar-refractivity contribution >= 4 is 6.29 Å². The Morgan fingerprint density at radius 2 is 2.20 bits per heavy atom. The van der Waals surface area contributed by atoms with Gasteiger partial charge >= 0.3 is 0 Å². The Morgan fingerprint density at radius 3 is 2.80 bits per heavy atom. The van der Waals surface area contributed by atoms with Crippen LogP contribution in [0.25, 0.3) is 0 Å². The van der Waals surface area contributed by atoms with E-state index in [9.17, 15) is 4.79 Å². The van der Waals surface area contributed by atoms with Gasteiger partial charge < -0.3 is 9.53 Å². The summed E-state index contributed by atoms with van der Waals surface area (Å²) in [6.45, 7) is 3.98. The van der Waals surface area contributed by atoms with Gasteiger partial charge in [-0.15, -0.1) is 0 Å². The lowest BCUT2D eigenvalue weighted by atomic mass is 9.63. The molecule has 3 unspecified atom stereocenters. The zero-order valence-electron chi connectivity index (χ0n) is 9.71. The molecule has 1 aliphatic heterocycles. The molecule has 15 heavy (non-hydrogen) atoms. The third-order valence-corrected chi connectivity index (χ3v) is 4.28. The topological polar surface area (TPSA) is 26.3 Å². The molecule has 86 valence electrons. The molecule has 0 radical (unpaired) electrons. The SMILES string of the molecule is CC1CCCC(C=O)(C2CCCOC2)C1. The predicted molar refractivity (Wildman–Crippen MR) is 59.7 cm³/mol. The standard InChI is InChI=1S/C13H22O2/c1-11-4-2-6-13(8-11,10-14)12-5-3-7-15-9-12/h10-12H,2-9H2,1H3. The van der Waals surface area contributed by atoms with E-state index < -0.39 is 0 Å². The minimum atomic E-state index is -0.0436. The number of aldehydes is 1. The van der Waals surface area contributed by atoms with Crippen LogP contribution in [0, 0.1) is 17.3 Å². The molecule has 0 N–H and O–H groups in total. The van der Waals surface area contributed by atoms with E-state index in [1.54, 1.807) is 0 Å². The minimum absolute atomic E-state index is 0.0436. The van der Waals surface area contributed by atoms with Crippen molar-refractivity contribution in [1.29, 1.82) is 0 Å². The van der Waals surface area contributed by atoms with Crippen molar-refractivity contribution in [3.63, 3.8) is 0 Å². The van der Waals surface area contributed by atoms with E-state index in [0.717, 1.165) is 32.5 Å². The molecule has 1 saturated heterocycles. The smallest absolute Gasteiger partial charge is 0.126 e. The third-order valence-electron chi connectivity index (χ3n) is 4.28. The van der Waals surface area contributed by atoms with Crippen molar-refractivity contribution in [2.45, 2.75) is 45.4 Å². The number of hydrogen-bond donors (Lipinski definition) is 0. The summed E-state index contributed by atoms with van der Waals surface area (Å²) in [5, 5.41) is 0. The van der Waals surface area contributed by atoms with Crippen molar-refractivity contribution in [3.05, 3.63) is 0 Å². The van der Waals surface area contributed by atoms with Crippen LogP contribution in [0.2, 0.25) is 0 Å². The molecule has 3 atom stereocenters. The van der Waals surface area contributed by atoms with E-state index in [4.69, 9.17) is 4.74 Å². The van der Waals surface area contributed by atoms with Crippen LogP contribution in [0.15, 0.2) is 0 Å². The Labute approximate surface area is 92.4 Å². The summed E-state index contributed by atoms with van der Waals surface area (Å²) in [6.07, 6.45) is 8.26. The third kappa shape index (κ3) is 2.25. The Bertz CT molecular complexity index is 221. The fourth-order valence-electron chi connectivity index (χ4n) is 3.40. The van der Waals surface area contributed by atoms with Gasteiger partial charge in [0.2, 0.25) is 0 Å². The van der Waals surface area contributed by atoms with Gasteiger partial charge in [0, 0.05) is 12.0 Å². The van der Waals surface area contributed by atoms with Crippen LogP contribution in [-0.2, 0) is 9.53 Å². The molecule has 0 aromatic heterocycles. The van der Waals surface area contributed by atoms with E-state index >= 15 is 0 Å². The molecule has 0 aromatic carbocycles. The highest BCUT2D eigenvalue weighted by Gasteiger charge is 2.42. The summed E-state index contributed by atoms with van der Waals surface area (Å²) in [7, 11) is 0. The Kier molecular flexibility index (Phi) is 3.45. The number of ether oxygens (including phenoxy) is 1. The van der Waals surface area contributed by atoms with E-state index in [1.165, 1.54) is 25.5 Å². The van der Waals surface area contributed by atoms with E-state index in [0.29, 0.717) is 11.8 Å². The molecule has 0 aromatic rings. The first kappa shape index (κ1) is 11.1. The molecule has 2 rings (SSSR count). The summed E-state index contributed by atoms with van der Waals surface area (Å²) < 4.78 is 5.54. The molecule has 2 aliphatic rings. The lowest BCUT2D eigenvalue weighted by Gasteiger charge is -2.43. The fourth-order valence-corrected chi connectivity index (χ4v) is 3.40. The molecule has 0 amide bonds. The van der Waals surface area contributed by atoms with Gasteiger partial charge in [0.25, 0.3) is 0 Å². The molecule has 0 spiro atoms. The molecule has 0 bridgehead atoms. The number of carbonyl (C=O) groups is 1. The molecular formula is C13H22O2. The monoisotopic (exact) mass is 210 g/mol. The van der Waals surface area contributed by atoms with Crippen LogP contribution in [-0.4, -0.2) is 19.5 Å². The Hall–Kier alpha value is -0.370. The van der Waals surface area contributed by atoms with Crippen molar-refractivity contribution in [1.82, 2.24) is 0 Å². The molecule has 1 heterocycles. The Morgan fingerprint density at radius 1 is 1.33 bits per heavy atom. The van der Waals surface area contributed by atoms with Crippen LogP contribution >= 0.6 is 0 Å². The summed E-state index contributed by atoms with van der Waals surface area (Å²) in [5.41, 5.74) is -0.0436. The second kappa shape index (κ2) is 4.65. The van der Waals surface area contributed by atoms with E-state index in [1.807, 2.05) is 0 Å². The average molecular weight is 210 g/mol. The first-order valence-corrected chi connectivity index (χ1v) is 6.31. The molecule has 1 saturated carbocycles. The van der Waals surface area contributed by atoms with E-state index in [2.05, 4.69) is 6.92 Å². The highest BCUT2D eigenvalue weighted by molar-refractivity contribution is 5.60. The quantitative estimate of drug-likeness (QED) is 0.655. The molecule has 2 nitrogen and oxygen atoms in total. The van der Waals surface area contributed by atoms with Crippen molar-refractivity contribution in [2.75, 3.05) is 13.2 Å². The second-order valence-corrected chi connectivity index (χ2v) is 5.47. The van der Waals surface area contributed by atoms with Gasteiger partial charge in [-0.1, -0.05) is 19.8 Å². The van der Waals surface area contributed by atoms with Gasteiger partial charge in [0.1, 0.15) is 6.29 Å². The Balaban J connectivity index is 2.08. The summed E-state index contributed by atoms with van der Waals surface area (Å²) in [6, 6.07) is 0. The van der Waals surface area contributed by atoms with Gasteiger partial charge in [-0.2, -0.15) is 0 Å². The van der Waals surface area contributed by atoms with Crippen LogP contribution < -0.4 is 0 Å². The second-order valence-electron chi connectivity index (χ2n) is 5.47. The van der Waals surface area contributed by atoms with Crippen molar-refractivity contribution < 1.29 is 9.53 Å². The van der Waals surface area contributed by atoms with Crippen LogP contribution in [0.1, 0.15) is 45.4 Å². The number of carbonyl (C=O) groups excluding carboxylic acids is 1. The average Bonchev–Trinajstić information content (AvgIpc) is 2.30. The van der Waals surface area contributed by atoms with Gasteiger partial charge in [-0.25, -0.2) is 0 Å². The predicted octanol–water partition coefficient (Wildman–Crippen LogP) is 2.81. The van der Waals surface area contributed by atoms with Gasteiger partial charge in [-0.05, 0) is 37.5 Å². The summed E-state index contributed by atoms with van der Waals surface area (Å²) in [4.78, 5) is 11.5. The maximum Gasteiger partial charge on any atom is 0.126 e. The van der Waals surface area contributed by atoms with Gasteiger partial charge in [0.05, 0.1) is 6.61 Å². The number of hydrogen-bond acceptors (Lipinski definition) is 2. The lowest BCUT2D eigenvalue weighted by Crippen LogP contribution is -2.41. The molecular weight excluding hydrogens is 188 g/mol. The van der Waals surface area contributed by atoms with Gasteiger partial charge in [-0.3, -0.25) is 0 Å². The zero-order chi connectivity index (χ0) is 10.7. The summed E-state index contributed by atoms with van der Waals surface area (Å²) in [5.74, 6) is 1.21. The first-order chi connectivity index (χ1) is 7.27. The fraction of sp³-hybridized carbons (Fsp3) is 0.923. The molecule has 1 aliphatic carbocycles. The summed E-state index contributed by atoms with van der Waals surface area (Å²) >= 11 is 0. The number of rotatable bonds is 2. The normalized spacial score (nSPS) is 42.5. The zero-order valence-corrected chi connectivity index (χ0v) is 9.71. The molecule has 2 fully saturated rings.